The Balaban J connectivity index is 1.34. The summed E-state index contributed by atoms with van der Waals surface area (Å²) in [6.45, 7) is 1.50. The molecule has 2 fully saturated rings. The molecular weight excluding hydrogens is 556 g/mol. The molecule has 2 saturated heterocycles. The highest BCUT2D eigenvalue weighted by Crippen LogP contribution is 2.38. The van der Waals surface area contributed by atoms with E-state index in [1.54, 1.807) is 17.5 Å². The average molecular weight is 583 g/mol. The number of benzene rings is 1. The number of hydrogen-bond acceptors (Lipinski definition) is 10. The van der Waals surface area contributed by atoms with Crippen LogP contribution in [0.5, 0.6) is 5.75 Å². The van der Waals surface area contributed by atoms with Gasteiger partial charge >= 0.3 is 11.9 Å². The summed E-state index contributed by atoms with van der Waals surface area (Å²) in [5.74, 6) is -4.11. The number of aromatic hydroxyl groups is 1. The highest BCUT2D eigenvalue weighted by Gasteiger charge is 2.53. The molecule has 0 radical (unpaired) electrons. The number of fused-ring (bicyclic) bond motifs is 1. The number of carbonyl (C=O) groups excluding carboxylic acids is 4. The Morgan fingerprint density at radius 3 is 2.56 bits per heavy atom. The molecule has 41 heavy (non-hydrogen) atoms. The third-order valence-electron chi connectivity index (χ3n) is 7.02. The Labute approximate surface area is 237 Å². The molecule has 1 aromatic carbocycles. The molecular formula is C26H26N6O8S. The lowest BCUT2D eigenvalue weighted by atomic mass is 9.83. The van der Waals surface area contributed by atoms with Crippen molar-refractivity contribution in [2.45, 2.75) is 43.8 Å². The molecule has 4 aliphatic rings. The summed E-state index contributed by atoms with van der Waals surface area (Å²) in [6.07, 6.45) is 3.97. The van der Waals surface area contributed by atoms with Gasteiger partial charge in [0.1, 0.15) is 23.0 Å². The number of aliphatic carboxylic acids is 1. The van der Waals surface area contributed by atoms with Crippen molar-refractivity contribution in [3.63, 3.8) is 0 Å². The van der Waals surface area contributed by atoms with Crippen molar-refractivity contribution in [3.05, 3.63) is 58.8 Å². The Bertz CT molecular complexity index is 1450. The molecule has 0 bridgehead atoms. The number of thioether (sulfide) groups is 1. The number of nitrogens with one attached hydrogen (secondary N) is 1. The van der Waals surface area contributed by atoms with Crippen molar-refractivity contribution in [1.82, 2.24) is 15.1 Å². The fourth-order valence-electron chi connectivity index (χ4n) is 5.11. The van der Waals surface area contributed by atoms with E-state index in [0.717, 1.165) is 11.8 Å². The third-order valence-corrected chi connectivity index (χ3v) is 7.80. The van der Waals surface area contributed by atoms with Gasteiger partial charge in [0.2, 0.25) is 5.84 Å². The van der Waals surface area contributed by atoms with E-state index in [1.807, 2.05) is 0 Å². The minimum atomic E-state index is -1.33. The number of carbonyl (C=O) groups is 5. The lowest BCUT2D eigenvalue weighted by Gasteiger charge is -2.50. The van der Waals surface area contributed by atoms with Crippen molar-refractivity contribution in [3.8, 4) is 5.75 Å². The van der Waals surface area contributed by atoms with Crippen LogP contribution in [-0.2, 0) is 28.8 Å². The first-order valence-corrected chi connectivity index (χ1v) is 13.5. The van der Waals surface area contributed by atoms with E-state index in [1.165, 1.54) is 46.0 Å². The summed E-state index contributed by atoms with van der Waals surface area (Å²) < 4.78 is 0. The van der Waals surface area contributed by atoms with Crippen LogP contribution in [0.25, 0.3) is 0 Å². The van der Waals surface area contributed by atoms with Gasteiger partial charge in [-0.2, -0.15) is 0 Å². The largest absolute Gasteiger partial charge is 0.508 e. The Hall–Kier alpha value is -4.63. The monoisotopic (exact) mass is 582 g/mol. The van der Waals surface area contributed by atoms with Crippen molar-refractivity contribution < 1.29 is 39.0 Å². The van der Waals surface area contributed by atoms with Crippen LogP contribution >= 0.6 is 11.8 Å². The van der Waals surface area contributed by atoms with Crippen LogP contribution in [-0.4, -0.2) is 79.6 Å². The van der Waals surface area contributed by atoms with E-state index in [-0.39, 0.29) is 29.6 Å². The number of carboxylic acids is 1. The third kappa shape index (κ3) is 5.28. The minimum absolute atomic E-state index is 0.0706. The van der Waals surface area contributed by atoms with Crippen molar-refractivity contribution in [2.24, 2.45) is 10.9 Å². The van der Waals surface area contributed by atoms with E-state index in [0.29, 0.717) is 36.2 Å². The number of amides is 3. The topological polar surface area (TPSA) is 195 Å². The maximum absolute atomic E-state index is 13.1. The summed E-state index contributed by atoms with van der Waals surface area (Å²) in [5.41, 5.74) is 6.36. The molecule has 1 unspecified atom stereocenters. The number of hydrogen-bond donors (Lipinski definition) is 4. The summed E-state index contributed by atoms with van der Waals surface area (Å²) in [4.78, 5) is 71.4. The Morgan fingerprint density at radius 1 is 1.20 bits per heavy atom. The number of allylic oxidation sites excluding steroid dienone is 2. The van der Waals surface area contributed by atoms with Crippen LogP contribution in [0.15, 0.2) is 63.9 Å². The summed E-state index contributed by atoms with van der Waals surface area (Å²) in [5, 5.41) is 27.3. The van der Waals surface area contributed by atoms with E-state index in [9.17, 15) is 34.2 Å². The van der Waals surface area contributed by atoms with Gasteiger partial charge in [0.25, 0.3) is 17.7 Å². The maximum atomic E-state index is 13.1. The molecule has 5 rings (SSSR count). The second-order valence-corrected chi connectivity index (χ2v) is 10.6. The van der Waals surface area contributed by atoms with Gasteiger partial charge in [-0.05, 0) is 60.6 Å². The first-order valence-electron chi connectivity index (χ1n) is 12.6. The lowest BCUT2D eigenvalue weighted by molar-refractivity contribution is -0.155. The number of phenols is 1. The first-order chi connectivity index (χ1) is 19.6. The maximum Gasteiger partial charge on any atom is 0.352 e. The summed E-state index contributed by atoms with van der Waals surface area (Å²) >= 11 is 1.19. The van der Waals surface area contributed by atoms with E-state index in [4.69, 9.17) is 5.73 Å². The Morgan fingerprint density at radius 2 is 1.93 bits per heavy atom. The highest BCUT2D eigenvalue weighted by molar-refractivity contribution is 8.02. The smallest absolute Gasteiger partial charge is 0.352 e. The van der Waals surface area contributed by atoms with Gasteiger partial charge in [0, 0.05) is 30.9 Å². The molecule has 0 aliphatic carbocycles. The second-order valence-electron chi connectivity index (χ2n) is 9.55. The number of nitrogens with two attached hydrogens (primary N) is 1. The van der Waals surface area contributed by atoms with E-state index >= 15 is 0 Å². The lowest BCUT2D eigenvalue weighted by Crippen LogP contribution is -2.72. The van der Waals surface area contributed by atoms with Crippen molar-refractivity contribution in [1.29, 1.82) is 0 Å². The average Bonchev–Trinajstić information content (AvgIpc) is 3.52. The number of anilines is 1. The number of rotatable bonds is 5. The van der Waals surface area contributed by atoms with Gasteiger partial charge in [0.15, 0.2) is 0 Å². The number of carboxylic acid groups (broad SMARTS) is 1. The minimum Gasteiger partial charge on any atom is -0.508 e. The van der Waals surface area contributed by atoms with Gasteiger partial charge in [0.05, 0.1) is 6.04 Å². The van der Waals surface area contributed by atoms with Crippen LogP contribution in [0, 0.1) is 0 Å². The number of β-lactam (4-membered cyclic amide) rings is 1. The van der Waals surface area contributed by atoms with Crippen molar-refractivity contribution in [2.75, 3.05) is 11.4 Å². The summed E-state index contributed by atoms with van der Waals surface area (Å²) in [7, 11) is 0. The molecule has 1 aromatic rings. The van der Waals surface area contributed by atoms with Crippen molar-refractivity contribution >= 4 is 52.9 Å². The zero-order valence-electron chi connectivity index (χ0n) is 21.7. The molecule has 214 valence electrons. The van der Waals surface area contributed by atoms with Crippen LogP contribution in [0.4, 0.5) is 5.69 Å². The Kier molecular flexibility index (Phi) is 7.55. The number of amidine groups is 1. The van der Waals surface area contributed by atoms with Gasteiger partial charge in [-0.3, -0.25) is 24.2 Å². The molecule has 5 N–H and O–H groups in total. The van der Waals surface area contributed by atoms with Crippen LogP contribution in [0.2, 0.25) is 0 Å². The molecule has 0 spiro atoms. The van der Waals surface area contributed by atoms with Gasteiger partial charge in [-0.15, -0.1) is 0 Å². The quantitative estimate of drug-likeness (QED) is 0.0944. The molecule has 4 aliphatic heterocycles. The molecule has 3 amide bonds. The van der Waals surface area contributed by atoms with E-state index in [2.05, 4.69) is 15.3 Å². The zero-order chi connectivity index (χ0) is 29.4. The second kappa shape index (κ2) is 11.1. The first kappa shape index (κ1) is 27.9. The number of nitrogens with zero attached hydrogens (tertiary/aromatic N) is 4. The fourth-order valence-corrected chi connectivity index (χ4v) is 5.77. The van der Waals surface area contributed by atoms with Gasteiger partial charge in [-0.25, -0.2) is 9.59 Å². The SMILES string of the molecule is CC(=O)O/N=C(\C(=O)N[C@@H]1C(=O)N2C(C(=O)O)=C(C=C3CCN(c4ccc(O)cc4)C3=O)CC[C@H]12)N1C=CSC1N. The van der Waals surface area contributed by atoms with Gasteiger partial charge < -0.3 is 31.0 Å². The van der Waals surface area contributed by atoms with Crippen LogP contribution in [0.1, 0.15) is 26.2 Å². The van der Waals surface area contributed by atoms with Gasteiger partial charge in [-0.1, -0.05) is 16.9 Å². The predicted octanol–water partition coefficient (Wildman–Crippen LogP) is 0.522. The zero-order valence-corrected chi connectivity index (χ0v) is 22.5. The number of phenolic OH excluding ortho intramolecular Hbond substituents is 1. The molecule has 14 nitrogen and oxygen atoms in total. The molecule has 0 saturated carbocycles. The standard InChI is InChI=1S/C26H26N6O8S/c1-13(33)40-29-21(31-10-11-41-26(31)27)22(35)28-19-18-7-2-14(20(25(38)39)32(18)24(19)37)12-15-8-9-30(23(15)36)16-3-5-17(34)6-4-16/h3-6,10-12,18-19,26,34H,2,7-9,27H2,1H3,(H,28,35)(H,38,39)/b15-12?,29-21+/t18-,19+,26?/m1/s1. The highest BCUT2D eigenvalue weighted by atomic mass is 32.2. The molecule has 0 aromatic heterocycles. The van der Waals surface area contributed by atoms with Crippen LogP contribution < -0.4 is 16.0 Å². The molecule has 15 heteroatoms. The molecule has 3 atom stereocenters. The van der Waals surface area contributed by atoms with Crippen LogP contribution in [0.3, 0.4) is 0 Å². The normalized spacial score (nSPS) is 25.0. The van der Waals surface area contributed by atoms with E-state index < -0.39 is 41.3 Å². The molecule has 4 heterocycles. The predicted molar refractivity (Wildman–Crippen MR) is 145 cm³/mol. The number of oxime groups is 1. The fraction of sp³-hybridized carbons (Fsp3) is 0.308. The summed E-state index contributed by atoms with van der Waals surface area (Å²) in [6, 6.07) is 4.50.